The van der Waals surface area contributed by atoms with E-state index in [9.17, 15) is 13.2 Å². The van der Waals surface area contributed by atoms with Crippen molar-refractivity contribution in [2.75, 3.05) is 25.9 Å². The van der Waals surface area contributed by atoms with E-state index in [1.165, 1.54) is 12.7 Å². The van der Waals surface area contributed by atoms with E-state index in [1.54, 1.807) is 4.31 Å². The fourth-order valence-corrected chi connectivity index (χ4v) is 4.49. The van der Waals surface area contributed by atoms with Crippen LogP contribution in [0.3, 0.4) is 0 Å². The minimum atomic E-state index is -3.21. The third-order valence-corrected chi connectivity index (χ3v) is 5.75. The van der Waals surface area contributed by atoms with Gasteiger partial charge in [-0.15, -0.1) is 0 Å². The summed E-state index contributed by atoms with van der Waals surface area (Å²) in [7, 11) is -3.21. The highest BCUT2D eigenvalue weighted by Crippen LogP contribution is 2.25. The molecule has 1 saturated carbocycles. The molecule has 0 radical (unpaired) electrons. The highest BCUT2D eigenvalue weighted by Gasteiger charge is 2.30. The lowest BCUT2D eigenvalue weighted by Gasteiger charge is -2.29. The third-order valence-electron chi connectivity index (χ3n) is 4.41. The van der Waals surface area contributed by atoms with Crippen LogP contribution in [-0.2, 0) is 14.8 Å². The van der Waals surface area contributed by atoms with Gasteiger partial charge in [-0.2, -0.15) is 4.31 Å². The molecule has 0 unspecified atom stereocenters. The monoisotopic (exact) mass is 302 g/mol. The van der Waals surface area contributed by atoms with E-state index in [2.05, 4.69) is 0 Å². The molecule has 0 aromatic rings. The van der Waals surface area contributed by atoms with Crippen LogP contribution < -0.4 is 0 Å². The van der Waals surface area contributed by atoms with Crippen LogP contribution in [0.5, 0.6) is 0 Å². The Labute approximate surface area is 122 Å². The standard InChI is InChI=1S/C14H26N2O3S/c1-20(18,19)16(13-7-3-4-8-13)12-9-14(17)15-10-5-2-6-11-15/h13H,2-12H2,1H3. The van der Waals surface area contributed by atoms with E-state index >= 15 is 0 Å². The first-order valence-electron chi connectivity index (χ1n) is 7.73. The lowest BCUT2D eigenvalue weighted by atomic mass is 10.1. The summed E-state index contributed by atoms with van der Waals surface area (Å²) in [5.41, 5.74) is 0. The predicted molar refractivity (Wildman–Crippen MR) is 78.9 cm³/mol. The maximum atomic E-state index is 12.1. The van der Waals surface area contributed by atoms with Crippen molar-refractivity contribution in [3.63, 3.8) is 0 Å². The normalized spacial score (nSPS) is 21.6. The highest BCUT2D eigenvalue weighted by atomic mass is 32.2. The molecule has 1 amide bonds. The molecule has 2 aliphatic rings. The Bertz CT molecular complexity index is 424. The van der Waals surface area contributed by atoms with Gasteiger partial charge in [0.15, 0.2) is 0 Å². The number of nitrogens with zero attached hydrogens (tertiary/aromatic N) is 2. The number of sulfonamides is 1. The first kappa shape index (κ1) is 15.8. The van der Waals surface area contributed by atoms with Gasteiger partial charge < -0.3 is 4.90 Å². The molecule has 2 fully saturated rings. The number of piperidine rings is 1. The van der Waals surface area contributed by atoms with Crippen molar-refractivity contribution in [3.8, 4) is 0 Å². The summed E-state index contributed by atoms with van der Waals surface area (Å²) in [6.45, 7) is 2.01. The smallest absolute Gasteiger partial charge is 0.223 e. The molecule has 0 spiro atoms. The molecule has 116 valence electrons. The van der Waals surface area contributed by atoms with E-state index in [1.807, 2.05) is 4.90 Å². The Balaban J connectivity index is 1.89. The second-order valence-electron chi connectivity index (χ2n) is 6.00. The minimum absolute atomic E-state index is 0.108. The molecule has 0 N–H and O–H groups in total. The zero-order chi connectivity index (χ0) is 14.6. The zero-order valence-electron chi connectivity index (χ0n) is 12.4. The lowest BCUT2D eigenvalue weighted by Crippen LogP contribution is -2.42. The molecule has 0 bridgehead atoms. The fraction of sp³-hybridized carbons (Fsp3) is 0.929. The van der Waals surface area contributed by atoms with Crippen LogP contribution in [0.25, 0.3) is 0 Å². The number of rotatable bonds is 5. The number of hydrogen-bond donors (Lipinski definition) is 0. The molecule has 1 aliphatic carbocycles. The second-order valence-corrected chi connectivity index (χ2v) is 7.94. The number of amides is 1. The summed E-state index contributed by atoms with van der Waals surface area (Å²) in [6, 6.07) is 0.110. The summed E-state index contributed by atoms with van der Waals surface area (Å²) in [6.07, 6.45) is 8.99. The van der Waals surface area contributed by atoms with Crippen LogP contribution in [0.1, 0.15) is 51.4 Å². The first-order valence-corrected chi connectivity index (χ1v) is 9.58. The van der Waals surface area contributed by atoms with Crippen molar-refractivity contribution in [3.05, 3.63) is 0 Å². The van der Waals surface area contributed by atoms with E-state index in [4.69, 9.17) is 0 Å². The predicted octanol–water partition coefficient (Wildman–Crippen LogP) is 1.59. The van der Waals surface area contributed by atoms with Crippen LogP contribution in [-0.4, -0.2) is 55.5 Å². The van der Waals surface area contributed by atoms with E-state index in [-0.39, 0.29) is 11.9 Å². The summed E-state index contributed by atoms with van der Waals surface area (Å²) in [5, 5.41) is 0. The largest absolute Gasteiger partial charge is 0.343 e. The van der Waals surface area contributed by atoms with E-state index < -0.39 is 10.0 Å². The molecular weight excluding hydrogens is 276 g/mol. The van der Waals surface area contributed by atoms with E-state index in [0.29, 0.717) is 13.0 Å². The molecule has 1 saturated heterocycles. The van der Waals surface area contributed by atoms with Crippen LogP contribution in [0.15, 0.2) is 0 Å². The van der Waals surface area contributed by atoms with Gasteiger partial charge in [0.2, 0.25) is 15.9 Å². The third kappa shape index (κ3) is 4.19. The molecule has 1 aliphatic heterocycles. The molecule has 0 atom stereocenters. The van der Waals surface area contributed by atoms with Crippen LogP contribution in [0.2, 0.25) is 0 Å². The number of likely N-dealkylation sites (tertiary alicyclic amines) is 1. The summed E-state index contributed by atoms with van der Waals surface area (Å²) >= 11 is 0. The molecule has 0 aromatic carbocycles. The Kier molecular flexibility index (Phi) is 5.43. The zero-order valence-corrected chi connectivity index (χ0v) is 13.2. The molecule has 20 heavy (non-hydrogen) atoms. The maximum Gasteiger partial charge on any atom is 0.223 e. The Morgan fingerprint density at radius 3 is 2.25 bits per heavy atom. The van der Waals surface area contributed by atoms with Gasteiger partial charge in [-0.25, -0.2) is 8.42 Å². The molecule has 2 rings (SSSR count). The lowest BCUT2D eigenvalue weighted by molar-refractivity contribution is -0.132. The quantitative estimate of drug-likeness (QED) is 0.775. The topological polar surface area (TPSA) is 57.7 Å². The number of carbonyl (C=O) groups excluding carboxylic acids is 1. The van der Waals surface area contributed by atoms with Crippen molar-refractivity contribution in [1.82, 2.24) is 9.21 Å². The summed E-state index contributed by atoms with van der Waals surface area (Å²) in [5.74, 6) is 0.108. The van der Waals surface area contributed by atoms with Gasteiger partial charge in [0.25, 0.3) is 0 Å². The van der Waals surface area contributed by atoms with Crippen molar-refractivity contribution in [2.45, 2.75) is 57.4 Å². The van der Waals surface area contributed by atoms with Crippen molar-refractivity contribution < 1.29 is 13.2 Å². The first-order chi connectivity index (χ1) is 9.48. The van der Waals surface area contributed by atoms with Gasteiger partial charge in [0.1, 0.15) is 0 Å². The Morgan fingerprint density at radius 2 is 1.70 bits per heavy atom. The van der Waals surface area contributed by atoms with Crippen molar-refractivity contribution in [1.29, 1.82) is 0 Å². The van der Waals surface area contributed by atoms with Crippen molar-refractivity contribution in [2.24, 2.45) is 0 Å². The average Bonchev–Trinajstić information content (AvgIpc) is 2.92. The van der Waals surface area contributed by atoms with Gasteiger partial charge in [0, 0.05) is 32.1 Å². The Hall–Kier alpha value is -0.620. The Morgan fingerprint density at radius 1 is 1.10 bits per heavy atom. The molecule has 5 nitrogen and oxygen atoms in total. The van der Waals surface area contributed by atoms with Gasteiger partial charge in [-0.05, 0) is 32.1 Å². The molecular formula is C14H26N2O3S. The average molecular weight is 302 g/mol. The van der Waals surface area contributed by atoms with Crippen LogP contribution >= 0.6 is 0 Å². The molecule has 1 heterocycles. The number of carbonyl (C=O) groups is 1. The number of hydrogen-bond acceptors (Lipinski definition) is 3. The minimum Gasteiger partial charge on any atom is -0.343 e. The van der Waals surface area contributed by atoms with Gasteiger partial charge in [-0.1, -0.05) is 12.8 Å². The molecule has 0 aromatic heterocycles. The molecule has 6 heteroatoms. The second kappa shape index (κ2) is 6.89. The van der Waals surface area contributed by atoms with Crippen LogP contribution in [0, 0.1) is 0 Å². The highest BCUT2D eigenvalue weighted by molar-refractivity contribution is 7.88. The van der Waals surface area contributed by atoms with Gasteiger partial charge in [0.05, 0.1) is 6.26 Å². The van der Waals surface area contributed by atoms with Crippen LogP contribution in [0.4, 0.5) is 0 Å². The van der Waals surface area contributed by atoms with Crippen molar-refractivity contribution >= 4 is 15.9 Å². The van der Waals surface area contributed by atoms with Gasteiger partial charge in [-0.3, -0.25) is 4.79 Å². The van der Waals surface area contributed by atoms with Gasteiger partial charge >= 0.3 is 0 Å². The van der Waals surface area contributed by atoms with E-state index in [0.717, 1.165) is 51.6 Å². The summed E-state index contributed by atoms with van der Waals surface area (Å²) in [4.78, 5) is 14.0. The maximum absolute atomic E-state index is 12.1. The SMILES string of the molecule is CS(=O)(=O)N(CCC(=O)N1CCCCC1)C1CCCC1. The summed E-state index contributed by atoms with van der Waals surface area (Å²) < 4.78 is 25.4. The fourth-order valence-electron chi connectivity index (χ4n) is 3.32.